The van der Waals surface area contributed by atoms with Gasteiger partial charge in [0.25, 0.3) is 11.8 Å². The summed E-state index contributed by atoms with van der Waals surface area (Å²) < 4.78 is 12.4. The first-order chi connectivity index (χ1) is 24.0. The Morgan fingerprint density at radius 2 is 1.78 bits per heavy atom. The maximum Gasteiger partial charge on any atom is 0.410 e. The number of para-hydroxylation sites is 1. The van der Waals surface area contributed by atoms with Gasteiger partial charge in [-0.1, -0.05) is 18.2 Å². The number of benzene rings is 1. The van der Waals surface area contributed by atoms with Gasteiger partial charge in [-0.3, -0.25) is 24.0 Å². The molecule has 1 aliphatic carbocycles. The Hall–Kier alpha value is -5.15. The van der Waals surface area contributed by atoms with Crippen molar-refractivity contribution in [3.05, 3.63) is 42.1 Å². The molecule has 16 heteroatoms. The van der Waals surface area contributed by atoms with Gasteiger partial charge in [0.1, 0.15) is 12.1 Å². The summed E-state index contributed by atoms with van der Waals surface area (Å²) in [7, 11) is 0. The first kappa shape index (κ1) is 36.1. The molecule has 1 aromatic heterocycles. The van der Waals surface area contributed by atoms with Crippen LogP contribution < -0.4 is 15.4 Å². The number of likely N-dealkylation sites (tertiary alicyclic amines) is 1. The zero-order chi connectivity index (χ0) is 35.8. The molecule has 2 aromatic rings. The molecule has 50 heavy (non-hydrogen) atoms. The zero-order valence-corrected chi connectivity index (χ0v) is 28.4. The highest BCUT2D eigenvalue weighted by atomic mass is 16.6. The van der Waals surface area contributed by atoms with E-state index in [1.54, 1.807) is 44.2 Å². The van der Waals surface area contributed by atoms with E-state index >= 15 is 0 Å². The van der Waals surface area contributed by atoms with E-state index in [4.69, 9.17) is 9.47 Å². The molecule has 0 unspecified atom stereocenters. The maximum atomic E-state index is 13.6. The van der Waals surface area contributed by atoms with E-state index in [0.717, 1.165) is 12.8 Å². The van der Waals surface area contributed by atoms with Crippen LogP contribution in [0.1, 0.15) is 62.9 Å². The fourth-order valence-corrected chi connectivity index (χ4v) is 6.19. The Kier molecular flexibility index (Phi) is 11.9. The van der Waals surface area contributed by atoms with Crippen LogP contribution in [0, 0.1) is 5.92 Å². The van der Waals surface area contributed by atoms with E-state index in [-0.39, 0.29) is 68.5 Å². The van der Waals surface area contributed by atoms with Crippen molar-refractivity contribution in [3.63, 3.8) is 0 Å². The van der Waals surface area contributed by atoms with Gasteiger partial charge in [-0.2, -0.15) is 5.10 Å². The molecular formula is C34H45N7O9. The molecular weight excluding hydrogens is 650 g/mol. The minimum atomic E-state index is -1.19. The predicted molar refractivity (Wildman–Crippen MR) is 177 cm³/mol. The number of carbonyl (C=O) groups excluding carboxylic acids is 5. The van der Waals surface area contributed by atoms with Gasteiger partial charge in [0.2, 0.25) is 17.7 Å². The third-order valence-electron chi connectivity index (χ3n) is 9.08. The molecule has 1 aromatic carbocycles. The van der Waals surface area contributed by atoms with Gasteiger partial charge in [-0.25, -0.2) is 9.48 Å². The van der Waals surface area contributed by atoms with Gasteiger partial charge in [0.15, 0.2) is 12.3 Å². The predicted octanol–water partition coefficient (Wildman–Crippen LogP) is 1.42. The normalized spacial score (nSPS) is 19.4. The number of carboxylic acid groups (broad SMARTS) is 1. The minimum Gasteiger partial charge on any atom is -0.481 e. The lowest BCUT2D eigenvalue weighted by molar-refractivity contribution is -0.140. The van der Waals surface area contributed by atoms with Crippen LogP contribution in [-0.4, -0.2) is 129 Å². The Labute approximate surface area is 290 Å². The highest BCUT2D eigenvalue weighted by Gasteiger charge is 2.36. The molecule has 3 N–H and O–H groups in total. The van der Waals surface area contributed by atoms with E-state index in [1.807, 2.05) is 0 Å². The van der Waals surface area contributed by atoms with Crippen LogP contribution >= 0.6 is 0 Å². The standard InChI is InChI=1S/C34H45N7O9/c1-3-49-34(48)39-17-16-38(20-22(39)2)33(47)25(13-14-30(43)44)36-31(45)26-18-29(41(37-26)24-8-5-4-6-9-24)50-21-28(42)40-15-7-10-27(40)32(46)35-19-23-11-12-23/h4-6,8-9,18,22-23,25,27H,3,7,10-17,19-21H2,1-2H3,(H,35,46)(H,36,45)(H,43,44)/t22-,25-,27-/m0/s1. The number of carbonyl (C=O) groups is 6. The lowest BCUT2D eigenvalue weighted by Gasteiger charge is -2.40. The first-order valence-electron chi connectivity index (χ1n) is 17.2. The van der Waals surface area contributed by atoms with Crippen molar-refractivity contribution >= 4 is 35.7 Å². The lowest BCUT2D eigenvalue weighted by Crippen LogP contribution is -2.59. The monoisotopic (exact) mass is 695 g/mol. The number of aromatic nitrogens is 2. The summed E-state index contributed by atoms with van der Waals surface area (Å²) in [4.78, 5) is 81.6. The summed E-state index contributed by atoms with van der Waals surface area (Å²) in [6.45, 7) is 4.91. The van der Waals surface area contributed by atoms with Crippen LogP contribution in [0.2, 0.25) is 0 Å². The zero-order valence-electron chi connectivity index (χ0n) is 28.4. The summed E-state index contributed by atoms with van der Waals surface area (Å²) in [6.07, 6.45) is 2.44. The SMILES string of the molecule is CCOC(=O)N1CCN(C(=O)[C@H](CCC(=O)O)NC(=O)c2cc(OCC(=O)N3CCC[C@H]3C(=O)NCC3CC3)n(-c3ccccc3)n2)C[C@@H]1C. The lowest BCUT2D eigenvalue weighted by atomic mass is 10.1. The van der Waals surface area contributed by atoms with Crippen molar-refractivity contribution in [2.45, 2.75) is 70.5 Å². The average molecular weight is 696 g/mol. The van der Waals surface area contributed by atoms with Crippen molar-refractivity contribution in [1.82, 2.24) is 35.1 Å². The molecule has 1 saturated carbocycles. The fourth-order valence-electron chi connectivity index (χ4n) is 6.19. The van der Waals surface area contributed by atoms with Gasteiger partial charge < -0.3 is 39.9 Å². The number of piperazine rings is 1. The van der Waals surface area contributed by atoms with Crippen molar-refractivity contribution in [1.29, 1.82) is 0 Å². The van der Waals surface area contributed by atoms with Gasteiger partial charge >= 0.3 is 12.1 Å². The number of ether oxygens (including phenoxy) is 2. The second-order valence-corrected chi connectivity index (χ2v) is 12.8. The molecule has 0 radical (unpaired) electrons. The Balaban J connectivity index is 1.28. The second kappa shape index (κ2) is 16.5. The summed E-state index contributed by atoms with van der Waals surface area (Å²) in [5, 5.41) is 19.4. The van der Waals surface area contributed by atoms with Gasteiger partial charge in [-0.05, 0) is 64.0 Å². The van der Waals surface area contributed by atoms with E-state index in [1.165, 1.54) is 25.4 Å². The summed E-state index contributed by atoms with van der Waals surface area (Å²) in [5.41, 5.74) is 0.419. The molecule has 3 atom stereocenters. The van der Waals surface area contributed by atoms with E-state index in [9.17, 15) is 33.9 Å². The van der Waals surface area contributed by atoms with Crippen molar-refractivity contribution < 1.29 is 43.3 Å². The Morgan fingerprint density at radius 3 is 2.46 bits per heavy atom. The van der Waals surface area contributed by atoms with Crippen LogP contribution in [0.4, 0.5) is 4.79 Å². The van der Waals surface area contributed by atoms with Crippen LogP contribution in [0.5, 0.6) is 5.88 Å². The van der Waals surface area contributed by atoms with Crippen molar-refractivity contribution in [3.8, 4) is 11.6 Å². The van der Waals surface area contributed by atoms with Gasteiger partial charge in [0.05, 0.1) is 12.3 Å². The summed E-state index contributed by atoms with van der Waals surface area (Å²) in [6, 6.07) is 8.04. The molecule has 3 fully saturated rings. The van der Waals surface area contributed by atoms with Gasteiger partial charge in [-0.15, -0.1) is 0 Å². The Morgan fingerprint density at radius 1 is 1.02 bits per heavy atom. The average Bonchev–Trinajstić information content (AvgIpc) is 3.62. The second-order valence-electron chi connectivity index (χ2n) is 12.8. The third-order valence-corrected chi connectivity index (χ3v) is 9.08. The van der Waals surface area contributed by atoms with E-state index < -0.39 is 42.6 Å². The number of aliphatic carboxylic acids is 1. The van der Waals surface area contributed by atoms with E-state index in [2.05, 4.69) is 15.7 Å². The largest absolute Gasteiger partial charge is 0.481 e. The van der Waals surface area contributed by atoms with Crippen molar-refractivity contribution in [2.24, 2.45) is 5.92 Å². The highest BCUT2D eigenvalue weighted by Crippen LogP contribution is 2.28. The minimum absolute atomic E-state index is 0.0842. The maximum absolute atomic E-state index is 13.6. The molecule has 3 aliphatic rings. The number of rotatable bonds is 14. The first-order valence-corrected chi connectivity index (χ1v) is 17.2. The van der Waals surface area contributed by atoms with Crippen LogP contribution in [-0.2, 0) is 23.9 Å². The molecule has 0 bridgehead atoms. The van der Waals surface area contributed by atoms with E-state index in [0.29, 0.717) is 37.5 Å². The molecule has 2 aliphatic heterocycles. The number of nitrogens with one attached hydrogen (secondary N) is 2. The number of amides is 5. The van der Waals surface area contributed by atoms with Crippen LogP contribution in [0.3, 0.4) is 0 Å². The highest BCUT2D eigenvalue weighted by molar-refractivity contribution is 5.96. The number of nitrogens with zero attached hydrogens (tertiary/aromatic N) is 5. The van der Waals surface area contributed by atoms with Crippen molar-refractivity contribution in [2.75, 3.05) is 45.9 Å². The molecule has 270 valence electrons. The molecule has 2 saturated heterocycles. The number of carboxylic acids is 1. The van der Waals surface area contributed by atoms with Gasteiger partial charge in [0, 0.05) is 51.3 Å². The number of hydrogen-bond acceptors (Lipinski definition) is 9. The molecule has 16 nitrogen and oxygen atoms in total. The summed E-state index contributed by atoms with van der Waals surface area (Å²) in [5.74, 6) is -2.31. The summed E-state index contributed by atoms with van der Waals surface area (Å²) >= 11 is 0. The quantitative estimate of drug-likeness (QED) is 0.260. The smallest absolute Gasteiger partial charge is 0.410 e. The Bertz CT molecular complexity index is 1560. The topological polar surface area (TPSA) is 193 Å². The molecule has 3 heterocycles. The molecule has 0 spiro atoms. The third kappa shape index (κ3) is 9.09. The number of hydrogen-bond donors (Lipinski definition) is 3. The van der Waals surface area contributed by atoms with Crippen LogP contribution in [0.15, 0.2) is 36.4 Å². The van der Waals surface area contributed by atoms with Crippen LogP contribution in [0.25, 0.3) is 5.69 Å². The molecule has 5 rings (SSSR count). The fraction of sp³-hybridized carbons (Fsp3) is 0.559. The molecule has 5 amide bonds.